The minimum atomic E-state index is -0.377. The maximum atomic E-state index is 12.0. The van der Waals surface area contributed by atoms with Crippen molar-refractivity contribution in [3.05, 3.63) is 56.5 Å². The molecule has 0 aliphatic rings. The van der Waals surface area contributed by atoms with Crippen LogP contribution in [0.15, 0.2) is 40.9 Å². The van der Waals surface area contributed by atoms with Crippen molar-refractivity contribution in [1.82, 2.24) is 5.32 Å². The molecule has 0 heterocycles. The third-order valence-electron chi connectivity index (χ3n) is 2.61. The molecule has 2 aromatic rings. The first-order chi connectivity index (χ1) is 10.4. The number of aromatic hydroxyl groups is 1. The van der Waals surface area contributed by atoms with Crippen LogP contribution in [0.4, 0.5) is 5.69 Å². The number of carbonyl (C=O) groups excluding carboxylic acids is 1. The standard InChI is InChI=1S/C14H9BrCl2N2O2S/c15-8-3-1-7(2-4-8)13(21)19-14(22)18-11-6-9(16)5-10(17)12(11)20/h1-6,20H,(H2,18,19,21,22). The van der Waals surface area contributed by atoms with E-state index in [9.17, 15) is 9.90 Å². The molecule has 0 aliphatic heterocycles. The number of thiocarbonyl (C=S) groups is 1. The SMILES string of the molecule is O=C(NC(=S)Nc1cc(Cl)cc(Cl)c1O)c1ccc(Br)cc1. The van der Waals surface area contributed by atoms with E-state index in [4.69, 9.17) is 35.4 Å². The first-order valence-corrected chi connectivity index (χ1v) is 7.88. The maximum absolute atomic E-state index is 12.0. The van der Waals surface area contributed by atoms with Gasteiger partial charge in [0.05, 0.1) is 10.7 Å². The number of hydrogen-bond donors (Lipinski definition) is 3. The van der Waals surface area contributed by atoms with Gasteiger partial charge >= 0.3 is 0 Å². The Kier molecular flexibility index (Phi) is 5.63. The van der Waals surface area contributed by atoms with Crippen molar-refractivity contribution >= 4 is 68.1 Å². The van der Waals surface area contributed by atoms with E-state index in [1.807, 2.05) is 0 Å². The Morgan fingerprint density at radius 3 is 2.45 bits per heavy atom. The number of benzene rings is 2. The monoisotopic (exact) mass is 418 g/mol. The molecular formula is C14H9BrCl2N2O2S. The van der Waals surface area contributed by atoms with Gasteiger partial charge in [-0.25, -0.2) is 0 Å². The average molecular weight is 420 g/mol. The second-order valence-electron chi connectivity index (χ2n) is 4.20. The lowest BCUT2D eigenvalue weighted by atomic mass is 10.2. The first kappa shape index (κ1) is 17.0. The third kappa shape index (κ3) is 4.33. The summed E-state index contributed by atoms with van der Waals surface area (Å²) >= 11 is 20.0. The van der Waals surface area contributed by atoms with Gasteiger partial charge in [-0.15, -0.1) is 0 Å². The fraction of sp³-hybridized carbons (Fsp3) is 0. The van der Waals surface area contributed by atoms with Gasteiger partial charge in [-0.2, -0.15) is 0 Å². The number of nitrogens with one attached hydrogen (secondary N) is 2. The molecule has 0 spiro atoms. The zero-order chi connectivity index (χ0) is 16.3. The van der Waals surface area contributed by atoms with E-state index in [2.05, 4.69) is 26.6 Å². The fourth-order valence-corrected chi connectivity index (χ4v) is 2.55. The van der Waals surface area contributed by atoms with Crippen LogP contribution in [-0.4, -0.2) is 16.1 Å². The van der Waals surface area contributed by atoms with Gasteiger partial charge in [0, 0.05) is 15.1 Å². The zero-order valence-electron chi connectivity index (χ0n) is 10.9. The van der Waals surface area contributed by atoms with Crippen molar-refractivity contribution in [3.8, 4) is 5.75 Å². The molecular weight excluding hydrogens is 411 g/mol. The number of anilines is 1. The van der Waals surface area contributed by atoms with Gasteiger partial charge in [-0.1, -0.05) is 39.1 Å². The predicted octanol–water partition coefficient (Wildman–Crippen LogP) is 4.59. The number of phenols is 1. The summed E-state index contributed by atoms with van der Waals surface area (Å²) in [6, 6.07) is 9.63. The van der Waals surface area contributed by atoms with Crippen LogP contribution in [0.5, 0.6) is 5.75 Å². The van der Waals surface area contributed by atoms with Gasteiger partial charge in [0.15, 0.2) is 10.9 Å². The lowest BCUT2D eigenvalue weighted by Gasteiger charge is -2.12. The van der Waals surface area contributed by atoms with Crippen LogP contribution in [0.25, 0.3) is 0 Å². The highest BCUT2D eigenvalue weighted by Crippen LogP contribution is 2.34. The molecule has 3 N–H and O–H groups in total. The van der Waals surface area contributed by atoms with Crippen molar-refractivity contribution < 1.29 is 9.90 Å². The number of phenolic OH excluding ortho intramolecular Hbond substituents is 1. The Labute approximate surface area is 150 Å². The summed E-state index contributed by atoms with van der Waals surface area (Å²) < 4.78 is 0.864. The van der Waals surface area contributed by atoms with Gasteiger partial charge in [0.2, 0.25) is 0 Å². The summed E-state index contributed by atoms with van der Waals surface area (Å²) in [5, 5.41) is 15.4. The van der Waals surface area contributed by atoms with Crippen LogP contribution in [0, 0.1) is 0 Å². The molecule has 0 aromatic heterocycles. The maximum Gasteiger partial charge on any atom is 0.257 e. The van der Waals surface area contributed by atoms with Crippen molar-refractivity contribution in [3.63, 3.8) is 0 Å². The summed E-state index contributed by atoms with van der Waals surface area (Å²) in [5.41, 5.74) is 0.652. The third-order valence-corrected chi connectivity index (χ3v) is 3.85. The molecule has 114 valence electrons. The highest BCUT2D eigenvalue weighted by molar-refractivity contribution is 9.10. The lowest BCUT2D eigenvalue weighted by Crippen LogP contribution is -2.34. The molecule has 22 heavy (non-hydrogen) atoms. The van der Waals surface area contributed by atoms with Crippen LogP contribution in [-0.2, 0) is 0 Å². The number of carbonyl (C=O) groups is 1. The molecule has 1 amide bonds. The average Bonchev–Trinajstić information content (AvgIpc) is 2.44. The number of halogens is 3. The Hall–Kier alpha value is -1.34. The topological polar surface area (TPSA) is 61.4 Å². The van der Waals surface area contributed by atoms with Crippen LogP contribution in [0.2, 0.25) is 10.0 Å². The fourth-order valence-electron chi connectivity index (χ4n) is 1.59. The van der Waals surface area contributed by atoms with Crippen LogP contribution in [0.3, 0.4) is 0 Å². The van der Waals surface area contributed by atoms with Crippen molar-refractivity contribution in [2.75, 3.05) is 5.32 Å². The second kappa shape index (κ2) is 7.28. The quantitative estimate of drug-likeness (QED) is 0.492. The summed E-state index contributed by atoms with van der Waals surface area (Å²) in [5.74, 6) is -0.580. The first-order valence-electron chi connectivity index (χ1n) is 5.92. The van der Waals surface area contributed by atoms with Gasteiger partial charge < -0.3 is 10.4 Å². The molecule has 0 radical (unpaired) electrons. The van der Waals surface area contributed by atoms with Crippen molar-refractivity contribution in [2.45, 2.75) is 0 Å². The molecule has 0 bridgehead atoms. The van der Waals surface area contributed by atoms with Crippen LogP contribution in [0.1, 0.15) is 10.4 Å². The summed E-state index contributed by atoms with van der Waals surface area (Å²) in [4.78, 5) is 12.0. The predicted molar refractivity (Wildman–Crippen MR) is 96.0 cm³/mol. The second-order valence-corrected chi connectivity index (χ2v) is 6.37. The molecule has 0 fully saturated rings. The van der Waals surface area contributed by atoms with Crippen molar-refractivity contribution in [2.24, 2.45) is 0 Å². The van der Waals surface area contributed by atoms with E-state index in [0.29, 0.717) is 10.6 Å². The van der Waals surface area contributed by atoms with Crippen LogP contribution < -0.4 is 10.6 Å². The van der Waals surface area contributed by atoms with Crippen molar-refractivity contribution in [1.29, 1.82) is 0 Å². The highest BCUT2D eigenvalue weighted by atomic mass is 79.9. The zero-order valence-corrected chi connectivity index (χ0v) is 14.8. The number of amides is 1. The minimum Gasteiger partial charge on any atom is -0.504 e. The highest BCUT2D eigenvalue weighted by Gasteiger charge is 2.12. The van der Waals surface area contributed by atoms with Gasteiger partial charge in [-0.05, 0) is 48.6 Å². The van der Waals surface area contributed by atoms with E-state index in [1.165, 1.54) is 12.1 Å². The molecule has 0 saturated heterocycles. The molecule has 0 atom stereocenters. The Bertz CT molecular complexity index is 738. The van der Waals surface area contributed by atoms with Gasteiger partial charge in [0.1, 0.15) is 0 Å². The van der Waals surface area contributed by atoms with E-state index in [1.54, 1.807) is 24.3 Å². The van der Waals surface area contributed by atoms with Gasteiger partial charge in [0.25, 0.3) is 5.91 Å². The van der Waals surface area contributed by atoms with Gasteiger partial charge in [-0.3, -0.25) is 10.1 Å². The molecule has 8 heteroatoms. The summed E-state index contributed by atoms with van der Waals surface area (Å²) in [7, 11) is 0. The summed E-state index contributed by atoms with van der Waals surface area (Å²) in [6.45, 7) is 0. The number of hydrogen-bond acceptors (Lipinski definition) is 3. The molecule has 4 nitrogen and oxygen atoms in total. The Morgan fingerprint density at radius 1 is 1.18 bits per heavy atom. The normalized spacial score (nSPS) is 10.1. The molecule has 2 rings (SSSR count). The largest absolute Gasteiger partial charge is 0.504 e. The minimum absolute atomic E-state index is 0.0153. The molecule has 2 aromatic carbocycles. The van der Waals surface area contributed by atoms with Crippen LogP contribution >= 0.6 is 51.3 Å². The molecule has 0 aliphatic carbocycles. The van der Waals surface area contributed by atoms with E-state index < -0.39 is 0 Å². The van der Waals surface area contributed by atoms with E-state index in [0.717, 1.165) is 4.47 Å². The van der Waals surface area contributed by atoms with E-state index in [-0.39, 0.29) is 27.5 Å². The molecule has 0 unspecified atom stereocenters. The smallest absolute Gasteiger partial charge is 0.257 e. The Morgan fingerprint density at radius 2 is 1.82 bits per heavy atom. The molecule has 0 saturated carbocycles. The Balaban J connectivity index is 2.07. The summed E-state index contributed by atoms with van der Waals surface area (Å²) in [6.07, 6.45) is 0. The lowest BCUT2D eigenvalue weighted by molar-refractivity contribution is 0.0977. The number of rotatable bonds is 2. The van der Waals surface area contributed by atoms with E-state index >= 15 is 0 Å².